The van der Waals surface area contributed by atoms with Gasteiger partial charge in [-0.15, -0.1) is 12.4 Å². The SMILES string of the molecule is Cl.Cn1cc([C@H]2CNC[C@@H]2C(=O)N2CCn3c2nc2ccccc23)cn1. The van der Waals surface area contributed by atoms with E-state index in [1.54, 1.807) is 4.68 Å². The maximum atomic E-state index is 13.3. The van der Waals surface area contributed by atoms with E-state index < -0.39 is 0 Å². The van der Waals surface area contributed by atoms with Crippen molar-refractivity contribution >= 4 is 35.3 Å². The van der Waals surface area contributed by atoms with Crippen LogP contribution in [0.1, 0.15) is 11.5 Å². The van der Waals surface area contributed by atoms with Gasteiger partial charge in [-0.05, 0) is 17.7 Å². The van der Waals surface area contributed by atoms with Gasteiger partial charge in [-0.3, -0.25) is 14.4 Å². The maximum Gasteiger partial charge on any atom is 0.234 e. The molecule has 1 N–H and O–H groups in total. The minimum Gasteiger partial charge on any atom is -0.315 e. The Labute approximate surface area is 157 Å². The Morgan fingerprint density at radius 2 is 2.08 bits per heavy atom. The first-order valence-corrected chi connectivity index (χ1v) is 8.68. The second kappa shape index (κ2) is 6.41. The number of benzene rings is 1. The molecule has 1 amide bonds. The summed E-state index contributed by atoms with van der Waals surface area (Å²) in [5.74, 6) is 1.03. The number of anilines is 1. The Morgan fingerprint density at radius 1 is 1.23 bits per heavy atom. The zero-order valence-electron chi connectivity index (χ0n) is 14.5. The maximum absolute atomic E-state index is 13.3. The first kappa shape index (κ1) is 17.1. The molecule has 136 valence electrons. The number of imidazole rings is 1. The summed E-state index contributed by atoms with van der Waals surface area (Å²) >= 11 is 0. The number of aryl methyl sites for hydroxylation is 1. The fourth-order valence-electron chi connectivity index (χ4n) is 4.12. The number of halogens is 1. The molecule has 3 aromatic rings. The molecular formula is C18H21ClN6O. The van der Waals surface area contributed by atoms with Crippen LogP contribution in [0.5, 0.6) is 0 Å². The van der Waals surface area contributed by atoms with E-state index in [1.165, 1.54) is 0 Å². The van der Waals surface area contributed by atoms with E-state index in [4.69, 9.17) is 4.98 Å². The van der Waals surface area contributed by atoms with Gasteiger partial charge in [0.2, 0.25) is 11.9 Å². The molecule has 1 aromatic carbocycles. The molecule has 2 aliphatic heterocycles. The van der Waals surface area contributed by atoms with Crippen LogP contribution in [0.15, 0.2) is 36.7 Å². The lowest BCUT2D eigenvalue weighted by Gasteiger charge is -2.22. The number of nitrogens with zero attached hydrogens (tertiary/aromatic N) is 5. The molecule has 0 aliphatic carbocycles. The number of hydrogen-bond acceptors (Lipinski definition) is 4. The summed E-state index contributed by atoms with van der Waals surface area (Å²) in [7, 11) is 1.91. The molecule has 2 atom stereocenters. The van der Waals surface area contributed by atoms with E-state index in [0.29, 0.717) is 13.1 Å². The molecule has 0 bridgehead atoms. The van der Waals surface area contributed by atoms with Crippen molar-refractivity contribution in [3.05, 3.63) is 42.2 Å². The molecule has 1 fully saturated rings. The second-order valence-electron chi connectivity index (χ2n) is 6.86. The summed E-state index contributed by atoms with van der Waals surface area (Å²) in [5, 5.41) is 7.64. The lowest BCUT2D eigenvalue weighted by Crippen LogP contribution is -2.38. The summed E-state index contributed by atoms with van der Waals surface area (Å²) in [6.07, 6.45) is 3.88. The fraction of sp³-hybridized carbons (Fsp3) is 0.389. The van der Waals surface area contributed by atoms with Crippen LogP contribution in [0.2, 0.25) is 0 Å². The van der Waals surface area contributed by atoms with Crippen molar-refractivity contribution in [2.75, 3.05) is 24.5 Å². The van der Waals surface area contributed by atoms with Gasteiger partial charge < -0.3 is 9.88 Å². The van der Waals surface area contributed by atoms with Gasteiger partial charge in [-0.1, -0.05) is 12.1 Å². The van der Waals surface area contributed by atoms with Crippen LogP contribution in [0.4, 0.5) is 5.95 Å². The summed E-state index contributed by atoms with van der Waals surface area (Å²) in [6.45, 7) is 3.02. The second-order valence-corrected chi connectivity index (χ2v) is 6.86. The third kappa shape index (κ3) is 2.50. The summed E-state index contributed by atoms with van der Waals surface area (Å²) in [5.41, 5.74) is 3.17. The number of amides is 1. The Balaban J connectivity index is 0.00000168. The number of carbonyl (C=O) groups is 1. The molecule has 2 aromatic heterocycles. The van der Waals surface area contributed by atoms with Crippen molar-refractivity contribution in [1.29, 1.82) is 0 Å². The number of fused-ring (bicyclic) bond motifs is 3. The van der Waals surface area contributed by atoms with E-state index in [1.807, 2.05) is 42.5 Å². The van der Waals surface area contributed by atoms with Crippen LogP contribution in [0.3, 0.4) is 0 Å². The number of para-hydroxylation sites is 2. The molecule has 5 rings (SSSR count). The Hall–Kier alpha value is -2.38. The van der Waals surface area contributed by atoms with E-state index in [0.717, 1.165) is 35.6 Å². The predicted molar refractivity (Wildman–Crippen MR) is 102 cm³/mol. The third-order valence-electron chi connectivity index (χ3n) is 5.37. The highest BCUT2D eigenvalue weighted by Gasteiger charge is 2.40. The first-order chi connectivity index (χ1) is 12.2. The lowest BCUT2D eigenvalue weighted by molar-refractivity contribution is -0.122. The van der Waals surface area contributed by atoms with Crippen LogP contribution in [-0.4, -0.2) is 44.9 Å². The molecule has 4 heterocycles. The molecule has 2 aliphatic rings. The van der Waals surface area contributed by atoms with Crippen molar-refractivity contribution in [2.45, 2.75) is 12.5 Å². The minimum atomic E-state index is -0.0736. The highest BCUT2D eigenvalue weighted by atomic mass is 35.5. The summed E-state index contributed by atoms with van der Waals surface area (Å²) in [4.78, 5) is 19.8. The molecule has 1 saturated heterocycles. The normalized spacial score (nSPS) is 21.8. The topological polar surface area (TPSA) is 68.0 Å². The van der Waals surface area contributed by atoms with Crippen LogP contribution < -0.4 is 10.2 Å². The Kier molecular flexibility index (Phi) is 4.20. The number of rotatable bonds is 2. The van der Waals surface area contributed by atoms with Gasteiger partial charge in [0, 0.05) is 45.3 Å². The first-order valence-electron chi connectivity index (χ1n) is 8.68. The van der Waals surface area contributed by atoms with E-state index in [9.17, 15) is 4.79 Å². The minimum absolute atomic E-state index is 0. The zero-order chi connectivity index (χ0) is 17.0. The van der Waals surface area contributed by atoms with Crippen LogP contribution in [0.25, 0.3) is 11.0 Å². The van der Waals surface area contributed by atoms with Gasteiger partial charge in [-0.25, -0.2) is 4.98 Å². The van der Waals surface area contributed by atoms with Crippen molar-refractivity contribution in [3.63, 3.8) is 0 Å². The predicted octanol–water partition coefficient (Wildman–Crippen LogP) is 1.54. The van der Waals surface area contributed by atoms with Gasteiger partial charge in [0.25, 0.3) is 0 Å². The van der Waals surface area contributed by atoms with Crippen LogP contribution >= 0.6 is 12.4 Å². The van der Waals surface area contributed by atoms with Crippen molar-refractivity contribution in [1.82, 2.24) is 24.6 Å². The van der Waals surface area contributed by atoms with Crippen molar-refractivity contribution in [2.24, 2.45) is 13.0 Å². The smallest absolute Gasteiger partial charge is 0.234 e. The largest absolute Gasteiger partial charge is 0.315 e. The van der Waals surface area contributed by atoms with Crippen LogP contribution in [-0.2, 0) is 18.4 Å². The molecule has 0 radical (unpaired) electrons. The van der Waals surface area contributed by atoms with E-state index in [2.05, 4.69) is 21.0 Å². The average Bonchev–Trinajstić information content (AvgIpc) is 3.37. The lowest BCUT2D eigenvalue weighted by atomic mass is 9.90. The number of carbonyl (C=O) groups excluding carboxylic acids is 1. The molecule has 7 nitrogen and oxygen atoms in total. The van der Waals surface area contributed by atoms with Gasteiger partial charge >= 0.3 is 0 Å². The van der Waals surface area contributed by atoms with Gasteiger partial charge in [-0.2, -0.15) is 5.10 Å². The average molecular weight is 373 g/mol. The van der Waals surface area contributed by atoms with Crippen molar-refractivity contribution in [3.8, 4) is 0 Å². The molecule has 0 spiro atoms. The van der Waals surface area contributed by atoms with Gasteiger partial charge in [0.1, 0.15) is 0 Å². The quantitative estimate of drug-likeness (QED) is 0.741. The highest BCUT2D eigenvalue weighted by Crippen LogP contribution is 2.33. The highest BCUT2D eigenvalue weighted by molar-refractivity contribution is 5.97. The molecule has 0 unspecified atom stereocenters. The van der Waals surface area contributed by atoms with E-state index in [-0.39, 0.29) is 30.2 Å². The fourth-order valence-corrected chi connectivity index (χ4v) is 4.12. The molecule has 0 saturated carbocycles. The van der Waals surface area contributed by atoms with E-state index >= 15 is 0 Å². The number of nitrogens with one attached hydrogen (secondary N) is 1. The Bertz CT molecular complexity index is 964. The van der Waals surface area contributed by atoms with Crippen LogP contribution in [0, 0.1) is 5.92 Å². The van der Waals surface area contributed by atoms with Gasteiger partial charge in [0.05, 0.1) is 23.1 Å². The number of aromatic nitrogens is 4. The molecular weight excluding hydrogens is 352 g/mol. The zero-order valence-corrected chi connectivity index (χ0v) is 15.3. The summed E-state index contributed by atoms with van der Waals surface area (Å²) in [6, 6.07) is 8.06. The number of hydrogen-bond donors (Lipinski definition) is 1. The molecule has 26 heavy (non-hydrogen) atoms. The third-order valence-corrected chi connectivity index (χ3v) is 5.37. The Morgan fingerprint density at radius 3 is 2.88 bits per heavy atom. The molecule has 8 heteroatoms. The summed E-state index contributed by atoms with van der Waals surface area (Å²) < 4.78 is 3.94. The monoisotopic (exact) mass is 372 g/mol. The van der Waals surface area contributed by atoms with Gasteiger partial charge in [0.15, 0.2) is 0 Å². The standard InChI is InChI=1S/C18H20N6O.ClH/c1-22-11-12(8-20-22)13-9-19-10-14(13)17(25)24-7-6-23-16-5-3-2-4-15(16)21-18(23)24;/h2-5,8,11,13-14,19H,6-7,9-10H2,1H3;1H/t13-,14+;/m1./s1. The van der Waals surface area contributed by atoms with Crippen molar-refractivity contribution < 1.29 is 4.79 Å².